The van der Waals surface area contributed by atoms with Crippen molar-refractivity contribution in [2.45, 2.75) is 19.9 Å². The zero-order valence-electron chi connectivity index (χ0n) is 10.9. The molecule has 0 aliphatic carbocycles. The minimum atomic E-state index is -0.974. The average molecular weight is 301 g/mol. The number of nitro groups is 1. The van der Waals surface area contributed by atoms with E-state index in [0.29, 0.717) is 0 Å². The number of benzene rings is 1. The Hall–Kier alpha value is -2.15. The molecule has 1 aromatic carbocycles. The minimum Gasteiger partial charge on any atom is -0.452 e. The molecule has 8 heteroatoms. The lowest BCUT2D eigenvalue weighted by Gasteiger charge is -2.09. The molecule has 7 nitrogen and oxygen atoms in total. The molecule has 0 radical (unpaired) electrons. The first-order chi connectivity index (χ1) is 9.31. The predicted molar refractivity (Wildman–Crippen MR) is 71.7 cm³/mol. The predicted octanol–water partition coefficient (Wildman–Crippen LogP) is 1.93. The van der Waals surface area contributed by atoms with Gasteiger partial charge in [0.15, 0.2) is 6.61 Å². The number of carbonyl (C=O) groups excluding carboxylic acids is 2. The molecule has 1 rings (SSSR count). The van der Waals surface area contributed by atoms with Gasteiger partial charge < -0.3 is 10.1 Å². The van der Waals surface area contributed by atoms with Gasteiger partial charge in [-0.25, -0.2) is 4.79 Å². The second kappa shape index (κ2) is 6.85. The first kappa shape index (κ1) is 15.9. The van der Waals surface area contributed by atoms with Crippen LogP contribution < -0.4 is 5.32 Å². The van der Waals surface area contributed by atoms with Crippen molar-refractivity contribution in [1.82, 2.24) is 5.32 Å². The Labute approximate surface area is 120 Å². The standard InChI is InChI=1S/C12H13ClN2O5/c1-7(2)14-11(16)6-20-12(17)9-5-8(13)3-4-10(9)15(18)19/h3-5,7H,6H2,1-2H3,(H,14,16). The summed E-state index contributed by atoms with van der Waals surface area (Å²) in [7, 11) is 0. The highest BCUT2D eigenvalue weighted by atomic mass is 35.5. The molecule has 108 valence electrons. The number of amides is 1. The maximum atomic E-state index is 11.7. The van der Waals surface area contributed by atoms with E-state index in [-0.39, 0.29) is 16.6 Å². The first-order valence-corrected chi connectivity index (χ1v) is 6.09. The van der Waals surface area contributed by atoms with E-state index < -0.39 is 29.1 Å². The molecular weight excluding hydrogens is 288 g/mol. The third kappa shape index (κ3) is 4.51. The van der Waals surface area contributed by atoms with Crippen molar-refractivity contribution in [3.05, 3.63) is 38.9 Å². The van der Waals surface area contributed by atoms with Gasteiger partial charge in [-0.05, 0) is 26.0 Å². The van der Waals surface area contributed by atoms with Gasteiger partial charge in [-0.15, -0.1) is 0 Å². The van der Waals surface area contributed by atoms with E-state index in [1.54, 1.807) is 13.8 Å². The van der Waals surface area contributed by atoms with Gasteiger partial charge in [0, 0.05) is 17.1 Å². The molecule has 0 saturated carbocycles. The zero-order chi connectivity index (χ0) is 15.3. The van der Waals surface area contributed by atoms with Crippen LogP contribution in [0.1, 0.15) is 24.2 Å². The minimum absolute atomic E-state index is 0.0956. The monoisotopic (exact) mass is 300 g/mol. The molecule has 0 aliphatic heterocycles. The lowest BCUT2D eigenvalue weighted by Crippen LogP contribution is -2.34. The molecule has 0 spiro atoms. The van der Waals surface area contributed by atoms with Gasteiger partial charge >= 0.3 is 5.97 Å². The molecule has 0 fully saturated rings. The second-order valence-electron chi connectivity index (χ2n) is 4.22. The van der Waals surface area contributed by atoms with E-state index in [9.17, 15) is 19.7 Å². The van der Waals surface area contributed by atoms with Crippen molar-refractivity contribution >= 4 is 29.2 Å². The highest BCUT2D eigenvalue weighted by molar-refractivity contribution is 6.31. The SMILES string of the molecule is CC(C)NC(=O)COC(=O)c1cc(Cl)ccc1[N+](=O)[O-]. The number of ether oxygens (including phenoxy) is 1. The van der Waals surface area contributed by atoms with Crippen molar-refractivity contribution in [2.24, 2.45) is 0 Å². The van der Waals surface area contributed by atoms with Gasteiger partial charge in [-0.2, -0.15) is 0 Å². The second-order valence-corrected chi connectivity index (χ2v) is 4.65. The summed E-state index contributed by atoms with van der Waals surface area (Å²) in [5.74, 6) is -1.46. The summed E-state index contributed by atoms with van der Waals surface area (Å²) in [5, 5.41) is 13.5. The Morgan fingerprint density at radius 2 is 2.10 bits per heavy atom. The van der Waals surface area contributed by atoms with E-state index >= 15 is 0 Å². The highest BCUT2D eigenvalue weighted by Crippen LogP contribution is 2.23. The Balaban J connectivity index is 2.80. The number of halogens is 1. The summed E-state index contributed by atoms with van der Waals surface area (Å²) in [6, 6.07) is 3.43. The van der Waals surface area contributed by atoms with Crippen molar-refractivity contribution in [3.63, 3.8) is 0 Å². The number of nitrogens with zero attached hydrogens (tertiary/aromatic N) is 1. The van der Waals surface area contributed by atoms with E-state index in [4.69, 9.17) is 16.3 Å². The Morgan fingerprint density at radius 1 is 1.45 bits per heavy atom. The number of esters is 1. The van der Waals surface area contributed by atoms with Crippen LogP contribution in [-0.4, -0.2) is 29.4 Å². The third-order valence-electron chi connectivity index (χ3n) is 2.16. The molecule has 0 bridgehead atoms. The van der Waals surface area contributed by atoms with Crippen LogP contribution in [0.3, 0.4) is 0 Å². The van der Waals surface area contributed by atoms with Crippen LogP contribution in [0.5, 0.6) is 0 Å². The Morgan fingerprint density at radius 3 is 2.65 bits per heavy atom. The highest BCUT2D eigenvalue weighted by Gasteiger charge is 2.22. The molecule has 0 atom stereocenters. The molecule has 20 heavy (non-hydrogen) atoms. The third-order valence-corrected chi connectivity index (χ3v) is 2.39. The summed E-state index contributed by atoms with van der Waals surface area (Å²) in [6.45, 7) is 2.99. The maximum Gasteiger partial charge on any atom is 0.345 e. The summed E-state index contributed by atoms with van der Waals surface area (Å²) >= 11 is 5.69. The van der Waals surface area contributed by atoms with Gasteiger partial charge in [-0.1, -0.05) is 11.6 Å². The van der Waals surface area contributed by atoms with Crippen molar-refractivity contribution in [2.75, 3.05) is 6.61 Å². The lowest BCUT2D eigenvalue weighted by atomic mass is 10.2. The van der Waals surface area contributed by atoms with Crippen molar-refractivity contribution in [3.8, 4) is 0 Å². The van der Waals surface area contributed by atoms with Crippen LogP contribution in [-0.2, 0) is 9.53 Å². The number of rotatable bonds is 5. The van der Waals surface area contributed by atoms with Gasteiger partial charge in [0.2, 0.25) is 0 Å². The van der Waals surface area contributed by atoms with Gasteiger partial charge in [0.1, 0.15) is 5.56 Å². The van der Waals surface area contributed by atoms with Crippen LogP contribution in [0.4, 0.5) is 5.69 Å². The van der Waals surface area contributed by atoms with Crippen molar-refractivity contribution in [1.29, 1.82) is 0 Å². The molecular formula is C12H13ClN2O5. The zero-order valence-corrected chi connectivity index (χ0v) is 11.6. The van der Waals surface area contributed by atoms with Crippen LogP contribution in [0.2, 0.25) is 5.02 Å². The van der Waals surface area contributed by atoms with Gasteiger partial charge in [0.25, 0.3) is 11.6 Å². The number of hydrogen-bond acceptors (Lipinski definition) is 5. The van der Waals surface area contributed by atoms with E-state index in [1.165, 1.54) is 6.07 Å². The number of carbonyl (C=O) groups is 2. The largest absolute Gasteiger partial charge is 0.452 e. The molecule has 0 saturated heterocycles. The number of hydrogen-bond donors (Lipinski definition) is 1. The first-order valence-electron chi connectivity index (χ1n) is 5.71. The summed E-state index contributed by atoms with van der Waals surface area (Å²) in [4.78, 5) is 33.1. The maximum absolute atomic E-state index is 11.7. The fraction of sp³-hybridized carbons (Fsp3) is 0.333. The molecule has 1 aromatic rings. The number of nitrogens with one attached hydrogen (secondary N) is 1. The topological polar surface area (TPSA) is 98.5 Å². The lowest BCUT2D eigenvalue weighted by molar-refractivity contribution is -0.385. The number of nitro benzene ring substituents is 1. The quantitative estimate of drug-likeness (QED) is 0.509. The summed E-state index contributed by atoms with van der Waals surface area (Å²) in [6.07, 6.45) is 0. The molecule has 1 amide bonds. The van der Waals surface area contributed by atoms with Crippen LogP contribution in [0, 0.1) is 10.1 Å². The Bertz CT molecular complexity index is 545. The fourth-order valence-electron chi connectivity index (χ4n) is 1.40. The molecule has 0 unspecified atom stereocenters. The average Bonchev–Trinajstić information content (AvgIpc) is 2.34. The van der Waals surface area contributed by atoms with Crippen LogP contribution >= 0.6 is 11.6 Å². The smallest absolute Gasteiger partial charge is 0.345 e. The van der Waals surface area contributed by atoms with Gasteiger partial charge in [-0.3, -0.25) is 14.9 Å². The normalized spacial score (nSPS) is 10.2. The van der Waals surface area contributed by atoms with Crippen LogP contribution in [0.25, 0.3) is 0 Å². The molecule has 1 N–H and O–H groups in total. The van der Waals surface area contributed by atoms with E-state index in [0.717, 1.165) is 12.1 Å². The Kier molecular flexibility index (Phi) is 5.45. The molecule has 0 heterocycles. The molecule has 0 aliphatic rings. The summed E-state index contributed by atoms with van der Waals surface area (Å²) < 4.78 is 4.72. The van der Waals surface area contributed by atoms with E-state index in [2.05, 4.69) is 5.32 Å². The fourth-order valence-corrected chi connectivity index (χ4v) is 1.58. The van der Waals surface area contributed by atoms with E-state index in [1.807, 2.05) is 0 Å². The van der Waals surface area contributed by atoms with Gasteiger partial charge in [0.05, 0.1) is 4.92 Å². The molecule has 0 aromatic heterocycles. The summed E-state index contributed by atoms with van der Waals surface area (Å²) in [5.41, 5.74) is -0.719. The van der Waals surface area contributed by atoms with Crippen LogP contribution in [0.15, 0.2) is 18.2 Å². The van der Waals surface area contributed by atoms with Crippen molar-refractivity contribution < 1.29 is 19.2 Å².